The van der Waals surface area contributed by atoms with Gasteiger partial charge in [0.05, 0.1) is 18.5 Å². The Morgan fingerprint density at radius 1 is 1.47 bits per heavy atom. The van der Waals surface area contributed by atoms with E-state index in [2.05, 4.69) is 15.0 Å². The van der Waals surface area contributed by atoms with Crippen molar-refractivity contribution in [3.8, 4) is 11.3 Å². The summed E-state index contributed by atoms with van der Waals surface area (Å²) in [5.74, 6) is -0.221. The number of aromatic nitrogens is 3. The fourth-order valence-corrected chi connectivity index (χ4v) is 1.48. The summed E-state index contributed by atoms with van der Waals surface area (Å²) in [5.41, 5.74) is 2.63. The maximum Gasteiger partial charge on any atom is 0.374 e. The number of nitrogens with zero attached hydrogens (tertiary/aromatic N) is 2. The molecule has 2 heterocycles. The lowest BCUT2D eigenvalue weighted by Gasteiger charge is -1.99. The van der Waals surface area contributed by atoms with E-state index in [1.54, 1.807) is 19.3 Å². The third kappa shape index (κ3) is 2.50. The summed E-state index contributed by atoms with van der Waals surface area (Å²) in [6.45, 7) is 4.00. The molecule has 0 unspecified atom stereocenters. The van der Waals surface area contributed by atoms with Crippen molar-refractivity contribution >= 4 is 5.97 Å². The minimum atomic E-state index is -0.440. The molecule has 1 N–H and O–H groups in total. The molecule has 5 nitrogen and oxygen atoms in total. The predicted molar refractivity (Wildman–Crippen MR) is 62.5 cm³/mol. The van der Waals surface area contributed by atoms with Gasteiger partial charge in [-0.2, -0.15) is 0 Å². The van der Waals surface area contributed by atoms with E-state index in [1.807, 2.05) is 19.1 Å². The molecule has 0 amide bonds. The van der Waals surface area contributed by atoms with Crippen molar-refractivity contribution in [2.45, 2.75) is 13.8 Å². The quantitative estimate of drug-likeness (QED) is 0.820. The van der Waals surface area contributed by atoms with Gasteiger partial charge in [-0.1, -0.05) is 0 Å². The smallest absolute Gasteiger partial charge is 0.374 e. The van der Waals surface area contributed by atoms with Crippen LogP contribution in [0.2, 0.25) is 0 Å². The monoisotopic (exact) mass is 231 g/mol. The van der Waals surface area contributed by atoms with Crippen LogP contribution in [0.1, 0.15) is 23.2 Å². The highest BCUT2D eigenvalue weighted by molar-refractivity contribution is 5.86. The number of hydrogen-bond acceptors (Lipinski definition) is 4. The first-order chi connectivity index (χ1) is 8.20. The van der Waals surface area contributed by atoms with Gasteiger partial charge in [-0.25, -0.2) is 9.78 Å². The van der Waals surface area contributed by atoms with Crippen LogP contribution in [0, 0.1) is 6.92 Å². The van der Waals surface area contributed by atoms with E-state index in [1.165, 1.54) is 0 Å². The van der Waals surface area contributed by atoms with Crippen LogP contribution < -0.4 is 0 Å². The third-order valence-corrected chi connectivity index (χ3v) is 2.25. The number of hydrogen-bond donors (Lipinski definition) is 1. The lowest BCUT2D eigenvalue weighted by atomic mass is 10.2. The molecule has 0 fully saturated rings. The number of aryl methyl sites for hydroxylation is 1. The van der Waals surface area contributed by atoms with Gasteiger partial charge in [0, 0.05) is 17.5 Å². The predicted octanol–water partition coefficient (Wildman–Crippen LogP) is 1.96. The maximum absolute atomic E-state index is 11.4. The molecule has 0 saturated carbocycles. The molecule has 0 bridgehead atoms. The largest absolute Gasteiger partial charge is 0.460 e. The van der Waals surface area contributed by atoms with E-state index in [0.29, 0.717) is 6.61 Å². The summed E-state index contributed by atoms with van der Waals surface area (Å²) < 4.78 is 4.86. The van der Waals surface area contributed by atoms with Gasteiger partial charge in [-0.05, 0) is 26.0 Å². The van der Waals surface area contributed by atoms with E-state index >= 15 is 0 Å². The molecule has 0 radical (unpaired) electrons. The number of carbonyl (C=O) groups is 1. The summed E-state index contributed by atoms with van der Waals surface area (Å²) in [6.07, 6.45) is 3.33. The van der Waals surface area contributed by atoms with Gasteiger partial charge in [0.1, 0.15) is 0 Å². The highest BCUT2D eigenvalue weighted by atomic mass is 16.5. The van der Waals surface area contributed by atoms with Gasteiger partial charge >= 0.3 is 5.97 Å². The summed E-state index contributed by atoms with van der Waals surface area (Å²) in [4.78, 5) is 22.5. The molecule has 2 aromatic heterocycles. The second-order valence-corrected chi connectivity index (χ2v) is 3.55. The Balaban J connectivity index is 2.27. The highest BCUT2D eigenvalue weighted by Gasteiger charge is 2.11. The van der Waals surface area contributed by atoms with Crippen LogP contribution in [0.5, 0.6) is 0 Å². The zero-order valence-electron chi connectivity index (χ0n) is 9.73. The Kier molecular flexibility index (Phi) is 3.18. The normalized spacial score (nSPS) is 10.2. The van der Waals surface area contributed by atoms with Crippen molar-refractivity contribution in [3.05, 3.63) is 36.0 Å². The van der Waals surface area contributed by atoms with E-state index in [-0.39, 0.29) is 5.82 Å². The fourth-order valence-electron chi connectivity index (χ4n) is 1.48. The van der Waals surface area contributed by atoms with Crippen LogP contribution >= 0.6 is 0 Å². The van der Waals surface area contributed by atoms with E-state index in [0.717, 1.165) is 17.0 Å². The molecule has 2 rings (SSSR count). The molecule has 0 aromatic carbocycles. The van der Waals surface area contributed by atoms with Crippen LogP contribution in [0.25, 0.3) is 11.3 Å². The molecule has 2 aromatic rings. The molecular formula is C12H13N3O2. The molecule has 0 atom stereocenters. The lowest BCUT2D eigenvalue weighted by molar-refractivity contribution is 0.0513. The minimum absolute atomic E-state index is 0.219. The van der Waals surface area contributed by atoms with Crippen LogP contribution in [0.3, 0.4) is 0 Å². The van der Waals surface area contributed by atoms with Crippen LogP contribution in [0.4, 0.5) is 0 Å². The number of carbonyl (C=O) groups excluding carboxylic acids is 1. The van der Waals surface area contributed by atoms with Gasteiger partial charge in [-0.3, -0.25) is 4.98 Å². The topological polar surface area (TPSA) is 67.9 Å². The average Bonchev–Trinajstić information content (AvgIpc) is 2.78. The van der Waals surface area contributed by atoms with Crippen molar-refractivity contribution in [1.82, 2.24) is 15.0 Å². The number of esters is 1. The number of rotatable bonds is 3. The summed E-state index contributed by atoms with van der Waals surface area (Å²) in [6, 6.07) is 3.78. The zero-order chi connectivity index (χ0) is 12.3. The van der Waals surface area contributed by atoms with E-state index < -0.39 is 5.97 Å². The Morgan fingerprint density at radius 2 is 2.29 bits per heavy atom. The standard InChI is InChI=1S/C12H13N3O2/c1-3-17-12(16)11-14-7-10(15-11)9-4-5-13-8(2)6-9/h4-7H,3H2,1-2H3,(H,14,15). The summed E-state index contributed by atoms with van der Waals surface area (Å²) in [5, 5.41) is 0. The minimum Gasteiger partial charge on any atom is -0.460 e. The molecule has 0 spiro atoms. The number of imidazole rings is 1. The van der Waals surface area contributed by atoms with Crippen molar-refractivity contribution in [1.29, 1.82) is 0 Å². The zero-order valence-corrected chi connectivity index (χ0v) is 9.73. The Hall–Kier alpha value is -2.17. The van der Waals surface area contributed by atoms with Crippen molar-refractivity contribution in [3.63, 3.8) is 0 Å². The van der Waals surface area contributed by atoms with E-state index in [9.17, 15) is 4.79 Å². The second-order valence-electron chi connectivity index (χ2n) is 3.55. The lowest BCUT2D eigenvalue weighted by Crippen LogP contribution is -2.06. The van der Waals surface area contributed by atoms with Crippen molar-refractivity contribution < 1.29 is 9.53 Å². The maximum atomic E-state index is 11.4. The number of pyridine rings is 1. The van der Waals surface area contributed by atoms with Crippen molar-refractivity contribution in [2.75, 3.05) is 6.61 Å². The Morgan fingerprint density at radius 3 is 3.00 bits per heavy atom. The molecule has 0 aliphatic rings. The summed E-state index contributed by atoms with van der Waals surface area (Å²) in [7, 11) is 0. The first-order valence-electron chi connectivity index (χ1n) is 5.36. The number of nitrogens with one attached hydrogen (secondary N) is 1. The number of ether oxygens (including phenoxy) is 1. The first-order valence-corrected chi connectivity index (χ1v) is 5.36. The third-order valence-electron chi connectivity index (χ3n) is 2.25. The van der Waals surface area contributed by atoms with Crippen molar-refractivity contribution in [2.24, 2.45) is 0 Å². The number of H-pyrrole nitrogens is 1. The molecule has 17 heavy (non-hydrogen) atoms. The highest BCUT2D eigenvalue weighted by Crippen LogP contribution is 2.17. The first kappa shape index (κ1) is 11.3. The van der Waals surface area contributed by atoms with Crippen LogP contribution in [0.15, 0.2) is 24.5 Å². The van der Waals surface area contributed by atoms with E-state index in [4.69, 9.17) is 4.74 Å². The molecule has 5 heteroatoms. The van der Waals surface area contributed by atoms with Gasteiger partial charge < -0.3 is 9.72 Å². The van der Waals surface area contributed by atoms with Crippen LogP contribution in [-0.2, 0) is 4.74 Å². The number of aromatic amines is 1. The Labute approximate surface area is 98.9 Å². The van der Waals surface area contributed by atoms with Gasteiger partial charge in [0.2, 0.25) is 5.82 Å². The second kappa shape index (κ2) is 4.78. The average molecular weight is 231 g/mol. The molecular weight excluding hydrogens is 218 g/mol. The summed E-state index contributed by atoms with van der Waals surface area (Å²) >= 11 is 0. The van der Waals surface area contributed by atoms with Gasteiger partial charge in [0.15, 0.2) is 0 Å². The molecule has 0 aliphatic carbocycles. The SMILES string of the molecule is CCOC(=O)c1ncc(-c2ccnc(C)c2)[nH]1. The van der Waals surface area contributed by atoms with Gasteiger partial charge in [0.25, 0.3) is 0 Å². The van der Waals surface area contributed by atoms with Gasteiger partial charge in [-0.15, -0.1) is 0 Å². The molecule has 0 aliphatic heterocycles. The Bertz CT molecular complexity index is 534. The fraction of sp³-hybridized carbons (Fsp3) is 0.250. The molecule has 88 valence electrons. The van der Waals surface area contributed by atoms with Crippen LogP contribution in [-0.4, -0.2) is 27.5 Å². The molecule has 0 saturated heterocycles.